The van der Waals surface area contributed by atoms with Gasteiger partial charge in [-0.3, -0.25) is 9.59 Å². The lowest BCUT2D eigenvalue weighted by Gasteiger charge is -2.23. The van der Waals surface area contributed by atoms with Crippen LogP contribution in [0.2, 0.25) is 0 Å². The number of carbonyl (C=O) groups excluding carboxylic acids is 2. The van der Waals surface area contributed by atoms with Crippen molar-refractivity contribution >= 4 is 11.9 Å². The Hall–Kier alpha value is -3.29. The molecule has 3 atom stereocenters. The van der Waals surface area contributed by atoms with Crippen LogP contribution in [0.4, 0.5) is 13.2 Å². The van der Waals surface area contributed by atoms with Crippen LogP contribution in [0.25, 0.3) is 0 Å². The molecule has 0 heterocycles. The third-order valence-electron chi connectivity index (χ3n) is 5.77. The summed E-state index contributed by atoms with van der Waals surface area (Å²) in [7, 11) is 1.14. The van der Waals surface area contributed by atoms with E-state index in [4.69, 9.17) is 9.47 Å². The van der Waals surface area contributed by atoms with Gasteiger partial charge in [-0.1, -0.05) is 41.5 Å². The summed E-state index contributed by atoms with van der Waals surface area (Å²) >= 11 is 0. The summed E-state index contributed by atoms with van der Waals surface area (Å²) < 4.78 is 50.0. The molecular weight excluding hydrogens is 447 g/mol. The highest BCUT2D eigenvalue weighted by Crippen LogP contribution is 2.37. The van der Waals surface area contributed by atoms with Crippen LogP contribution < -0.4 is 10.1 Å². The predicted molar refractivity (Wildman–Crippen MR) is 122 cm³/mol. The first-order valence-electron chi connectivity index (χ1n) is 11.0. The van der Waals surface area contributed by atoms with Gasteiger partial charge in [0, 0.05) is 11.6 Å². The average Bonchev–Trinajstić information content (AvgIpc) is 3.20. The van der Waals surface area contributed by atoms with Crippen LogP contribution in [-0.2, 0) is 15.7 Å². The maximum Gasteiger partial charge on any atom is 0.419 e. The quantitative estimate of drug-likeness (QED) is 0.433. The number of hydrogen-bond acceptors (Lipinski definition) is 4. The molecule has 1 amide bonds. The van der Waals surface area contributed by atoms with Crippen LogP contribution in [0.15, 0.2) is 48.6 Å². The van der Waals surface area contributed by atoms with Crippen molar-refractivity contribution in [3.8, 4) is 5.75 Å². The lowest BCUT2D eigenvalue weighted by atomic mass is 9.84. The number of hydrogen-bond donors (Lipinski definition) is 1. The van der Waals surface area contributed by atoms with Gasteiger partial charge in [0.05, 0.1) is 25.2 Å². The number of amides is 1. The van der Waals surface area contributed by atoms with Gasteiger partial charge in [-0.15, -0.1) is 0 Å². The fraction of sp³-hybridized carbons (Fsp3) is 0.385. The first-order valence-corrected chi connectivity index (χ1v) is 11.0. The van der Waals surface area contributed by atoms with Crippen LogP contribution in [0, 0.1) is 19.8 Å². The first kappa shape index (κ1) is 25.3. The molecule has 0 saturated carbocycles. The molecule has 2 aromatic carbocycles. The number of rotatable bonds is 7. The molecule has 0 saturated heterocycles. The Morgan fingerprint density at radius 2 is 1.76 bits per heavy atom. The van der Waals surface area contributed by atoms with Crippen molar-refractivity contribution in [1.29, 1.82) is 0 Å². The zero-order valence-electron chi connectivity index (χ0n) is 19.5. The Bertz CT molecular complexity index is 1070. The minimum Gasteiger partial charge on any atom is -0.496 e. The maximum absolute atomic E-state index is 13.3. The molecule has 2 aromatic rings. The zero-order chi connectivity index (χ0) is 25.0. The summed E-state index contributed by atoms with van der Waals surface area (Å²) in [6.45, 7) is 5.90. The molecule has 0 fully saturated rings. The molecule has 34 heavy (non-hydrogen) atoms. The molecule has 0 aliphatic heterocycles. The first-order chi connectivity index (χ1) is 16.0. The van der Waals surface area contributed by atoms with E-state index in [1.54, 1.807) is 13.0 Å². The number of benzene rings is 2. The average molecular weight is 476 g/mol. The number of methoxy groups -OCH3 is 1. The van der Waals surface area contributed by atoms with Crippen LogP contribution in [0.5, 0.6) is 5.75 Å². The lowest BCUT2D eigenvalue weighted by Crippen LogP contribution is -2.34. The Balaban J connectivity index is 1.78. The van der Waals surface area contributed by atoms with E-state index in [0.29, 0.717) is 6.42 Å². The Morgan fingerprint density at radius 1 is 1.09 bits per heavy atom. The standard InChI is InChI=1S/C26H28F3NO4/c1-5-34-25(32)23(19-11-15(2)10-16(3)12-19)17-6-8-20(13-17)30-24(31)18-7-9-22(33-4)21(14-18)26(27,28)29/h6-12,14,17,20,23H,5,13H2,1-4H3,(H,30,31)/t17-,20+,23-/m0/s1. The third kappa shape index (κ3) is 5.79. The van der Waals surface area contributed by atoms with Gasteiger partial charge in [-0.2, -0.15) is 13.2 Å². The van der Waals surface area contributed by atoms with E-state index >= 15 is 0 Å². The fourth-order valence-corrected chi connectivity index (χ4v) is 4.38. The monoisotopic (exact) mass is 475 g/mol. The van der Waals surface area contributed by atoms with E-state index in [2.05, 4.69) is 5.32 Å². The van der Waals surface area contributed by atoms with Crippen molar-refractivity contribution in [2.45, 2.75) is 45.3 Å². The molecule has 182 valence electrons. The summed E-state index contributed by atoms with van der Waals surface area (Å²) in [4.78, 5) is 25.5. The number of aryl methyl sites for hydroxylation is 2. The largest absolute Gasteiger partial charge is 0.496 e. The smallest absolute Gasteiger partial charge is 0.419 e. The molecule has 0 unspecified atom stereocenters. The minimum absolute atomic E-state index is 0.124. The molecule has 8 heteroatoms. The lowest BCUT2D eigenvalue weighted by molar-refractivity contribution is -0.146. The Kier molecular flexibility index (Phi) is 7.69. The van der Waals surface area contributed by atoms with Crippen molar-refractivity contribution in [3.05, 3.63) is 76.4 Å². The van der Waals surface area contributed by atoms with Gasteiger partial charge in [-0.05, 0) is 56.9 Å². The summed E-state index contributed by atoms with van der Waals surface area (Å²) in [5, 5.41) is 2.76. The van der Waals surface area contributed by atoms with E-state index in [9.17, 15) is 22.8 Å². The van der Waals surface area contributed by atoms with E-state index in [1.807, 2.05) is 38.1 Å². The number of esters is 1. The van der Waals surface area contributed by atoms with Crippen LogP contribution in [-0.4, -0.2) is 31.6 Å². The Labute approximate surface area is 196 Å². The third-order valence-corrected chi connectivity index (χ3v) is 5.77. The molecule has 0 radical (unpaired) electrons. The molecule has 1 N–H and O–H groups in total. The molecule has 1 aliphatic carbocycles. The van der Waals surface area contributed by atoms with Crippen LogP contribution in [0.3, 0.4) is 0 Å². The highest BCUT2D eigenvalue weighted by molar-refractivity contribution is 5.95. The summed E-state index contributed by atoms with van der Waals surface area (Å²) in [5.74, 6) is -2.11. The molecule has 0 bridgehead atoms. The van der Waals surface area contributed by atoms with Gasteiger partial charge in [-0.25, -0.2) is 0 Å². The van der Waals surface area contributed by atoms with Gasteiger partial charge in [0.2, 0.25) is 0 Å². The van der Waals surface area contributed by atoms with Crippen LogP contribution >= 0.6 is 0 Å². The van der Waals surface area contributed by atoms with Gasteiger partial charge in [0.25, 0.3) is 5.91 Å². The summed E-state index contributed by atoms with van der Waals surface area (Å²) in [5.41, 5.74) is 1.75. The van der Waals surface area contributed by atoms with E-state index in [0.717, 1.165) is 35.9 Å². The summed E-state index contributed by atoms with van der Waals surface area (Å²) in [6, 6.07) is 8.68. The molecular formula is C26H28F3NO4. The second kappa shape index (κ2) is 10.3. The number of ether oxygens (including phenoxy) is 2. The van der Waals surface area contributed by atoms with Gasteiger partial charge in [0.15, 0.2) is 0 Å². The highest BCUT2D eigenvalue weighted by Gasteiger charge is 2.36. The van der Waals surface area contributed by atoms with E-state index < -0.39 is 29.6 Å². The Morgan fingerprint density at radius 3 is 2.35 bits per heavy atom. The SMILES string of the molecule is CCOC(=O)[C@H](c1cc(C)cc(C)c1)[C@H]1C=C[C@@H](NC(=O)c2ccc(OC)c(C(F)(F)F)c2)C1. The fourth-order valence-electron chi connectivity index (χ4n) is 4.38. The van der Waals surface area contributed by atoms with Gasteiger partial charge < -0.3 is 14.8 Å². The predicted octanol–water partition coefficient (Wildman–Crippen LogP) is 5.35. The second-order valence-electron chi connectivity index (χ2n) is 8.43. The van der Waals surface area contributed by atoms with Crippen molar-refractivity contribution in [2.24, 2.45) is 5.92 Å². The maximum atomic E-state index is 13.3. The molecule has 3 rings (SSSR count). The van der Waals surface area contributed by atoms with Crippen molar-refractivity contribution in [3.63, 3.8) is 0 Å². The van der Waals surface area contributed by atoms with Crippen molar-refractivity contribution < 1.29 is 32.2 Å². The minimum atomic E-state index is -4.65. The number of halogens is 3. The zero-order valence-corrected chi connectivity index (χ0v) is 19.5. The highest BCUT2D eigenvalue weighted by atomic mass is 19.4. The molecule has 0 spiro atoms. The normalized spacial score (nSPS) is 18.4. The molecule has 5 nitrogen and oxygen atoms in total. The number of alkyl halides is 3. The van der Waals surface area contributed by atoms with Gasteiger partial charge in [0.1, 0.15) is 5.75 Å². The van der Waals surface area contributed by atoms with Crippen molar-refractivity contribution in [2.75, 3.05) is 13.7 Å². The van der Waals surface area contributed by atoms with E-state index in [-0.39, 0.29) is 29.8 Å². The van der Waals surface area contributed by atoms with Crippen molar-refractivity contribution in [1.82, 2.24) is 5.32 Å². The number of nitrogens with one attached hydrogen (secondary N) is 1. The van der Waals surface area contributed by atoms with E-state index in [1.165, 1.54) is 6.07 Å². The summed E-state index contributed by atoms with van der Waals surface area (Å²) in [6.07, 6.45) is -0.603. The number of carbonyl (C=O) groups is 2. The van der Waals surface area contributed by atoms with Crippen LogP contribution in [0.1, 0.15) is 51.9 Å². The second-order valence-corrected chi connectivity index (χ2v) is 8.43. The van der Waals surface area contributed by atoms with Gasteiger partial charge >= 0.3 is 12.1 Å². The number of allylic oxidation sites excluding steroid dienone is 1. The topological polar surface area (TPSA) is 64.6 Å². The molecule has 1 aliphatic rings. The molecule has 0 aromatic heterocycles.